The van der Waals surface area contributed by atoms with Crippen molar-refractivity contribution in [1.82, 2.24) is 14.9 Å². The summed E-state index contributed by atoms with van der Waals surface area (Å²) in [5.74, 6) is -6.70. The first-order valence-corrected chi connectivity index (χ1v) is 13.3. The summed E-state index contributed by atoms with van der Waals surface area (Å²) >= 11 is 0. The molecule has 20 nitrogen and oxygen atoms in total. The van der Waals surface area contributed by atoms with Crippen LogP contribution in [0, 0.1) is 0 Å². The van der Waals surface area contributed by atoms with E-state index in [1.165, 1.54) is 6.07 Å². The molecule has 0 spiro atoms. The minimum absolute atomic E-state index is 0. The van der Waals surface area contributed by atoms with Crippen molar-refractivity contribution in [2.75, 3.05) is 18.9 Å². The van der Waals surface area contributed by atoms with E-state index in [1.807, 2.05) is 0 Å². The Morgan fingerprint density at radius 3 is 2.47 bits per heavy atom. The number of aliphatic carboxylic acids is 1. The summed E-state index contributed by atoms with van der Waals surface area (Å²) in [5, 5.41) is 74.7. The third kappa shape index (κ3) is 9.47. The van der Waals surface area contributed by atoms with Gasteiger partial charge in [0.05, 0.1) is 25.4 Å². The van der Waals surface area contributed by atoms with Gasteiger partial charge in [-0.15, -0.1) is 0 Å². The van der Waals surface area contributed by atoms with Crippen molar-refractivity contribution in [3.05, 3.63) is 22.7 Å². The number of aliphatic hydroxyl groups is 6. The second kappa shape index (κ2) is 16.3. The fraction of sp³-hybridized carbons (Fsp3) is 0.700. The summed E-state index contributed by atoms with van der Waals surface area (Å²) in [6.07, 6.45) is -15.1. The Balaban J connectivity index is 0.00000462. The molecule has 1 aromatic heterocycles. The van der Waals surface area contributed by atoms with E-state index < -0.39 is 106 Å². The number of anilines is 1. The molecule has 232 valence electrons. The topological polar surface area (TPSA) is 329 Å². The fourth-order valence-electron chi connectivity index (χ4n) is 4.30. The standard InChI is InChI=1S/C20H31N4O16P.2Na/c1-7(26)22-12-8(27)4-20(18(32)33,39-16(12)13(29)9(28)5-25)40-41(35,36)37-6-10-14(30)15(31)17(38-10)24-3-2-11(21)23-19(24)34;;/h2-3,8-10,12-17,25,27-31H,4-6H2,1H3,(H,22,26)(H,32,33)(H,35,36)(H2,21,23,34);;/q;2*+1/p-2/t8-,9+,10-,12+,13+,14+,15+,16+,17+,20+;;/m0../s1. The van der Waals surface area contributed by atoms with Gasteiger partial charge in [-0.25, -0.2) is 4.79 Å². The number of carboxylic acids is 1. The van der Waals surface area contributed by atoms with E-state index in [0.717, 1.165) is 17.7 Å². The van der Waals surface area contributed by atoms with Crippen LogP contribution < -0.4 is 85.9 Å². The van der Waals surface area contributed by atoms with Gasteiger partial charge in [0.15, 0.2) is 6.23 Å². The van der Waals surface area contributed by atoms with Crippen LogP contribution in [0.15, 0.2) is 17.1 Å². The summed E-state index contributed by atoms with van der Waals surface area (Å²) in [4.78, 5) is 51.8. The molecule has 1 aromatic rings. The third-order valence-electron chi connectivity index (χ3n) is 6.29. The van der Waals surface area contributed by atoms with Gasteiger partial charge < -0.3 is 70.5 Å². The molecule has 9 N–H and O–H groups in total. The number of nitrogen functional groups attached to an aromatic ring is 1. The Hall–Kier alpha value is -0.590. The van der Waals surface area contributed by atoms with Gasteiger partial charge in [0.2, 0.25) is 11.7 Å². The smallest absolute Gasteiger partial charge is 0.756 e. The predicted octanol–water partition coefficient (Wildman–Crippen LogP) is -13.2. The number of nitrogens with one attached hydrogen (secondary N) is 1. The molecule has 2 aliphatic rings. The van der Waals surface area contributed by atoms with Crippen LogP contribution in [-0.4, -0.2) is 120 Å². The first kappa shape index (κ1) is 40.4. The number of ether oxygens (including phenoxy) is 2. The van der Waals surface area contributed by atoms with Gasteiger partial charge in [-0.05, 0) is 6.07 Å². The van der Waals surface area contributed by atoms with Crippen LogP contribution >= 0.6 is 7.82 Å². The Morgan fingerprint density at radius 1 is 1.30 bits per heavy atom. The van der Waals surface area contributed by atoms with E-state index in [2.05, 4.69) is 19.3 Å². The SMILES string of the molecule is CC(=O)N[C@H]1[C@H]([C@H](O)[C@H](O)CO)O[C@](OP(=O)([O-])OC[C@@H]2O[C@@H](n3ccc(N)nc3=O)[C@H](O)[C@@H]2O)(C(=O)[O-])C[C@@H]1O.[Na+].[Na+]. The molecule has 23 heteroatoms. The number of hydrogen-bond donors (Lipinski definition) is 8. The van der Waals surface area contributed by atoms with E-state index in [9.17, 15) is 54.5 Å². The summed E-state index contributed by atoms with van der Waals surface area (Å²) in [7, 11) is -5.81. The Bertz CT molecular complexity index is 1230. The molecule has 2 saturated heterocycles. The van der Waals surface area contributed by atoms with Crippen LogP contribution in [0.25, 0.3) is 0 Å². The van der Waals surface area contributed by atoms with Crippen molar-refractivity contribution in [1.29, 1.82) is 0 Å². The van der Waals surface area contributed by atoms with Crippen LogP contribution in [0.2, 0.25) is 0 Å². The molecule has 3 heterocycles. The fourth-order valence-corrected chi connectivity index (χ4v) is 5.24. The Labute approximate surface area is 286 Å². The monoisotopic (exact) mass is 658 g/mol. The average Bonchev–Trinajstić information content (AvgIpc) is 3.16. The van der Waals surface area contributed by atoms with Crippen LogP contribution in [0.1, 0.15) is 19.6 Å². The third-order valence-corrected chi connectivity index (χ3v) is 7.27. The van der Waals surface area contributed by atoms with Crippen molar-refractivity contribution >= 4 is 25.5 Å². The molecule has 3 rings (SSSR count). The summed E-state index contributed by atoms with van der Waals surface area (Å²) in [5.41, 5.74) is 4.43. The number of aliphatic hydroxyl groups excluding tert-OH is 6. The number of hydrogen-bond acceptors (Lipinski definition) is 18. The van der Waals surface area contributed by atoms with Crippen LogP contribution in [0.4, 0.5) is 5.82 Å². The van der Waals surface area contributed by atoms with Gasteiger partial charge in [0.1, 0.15) is 48.4 Å². The minimum Gasteiger partial charge on any atom is -0.756 e. The first-order chi connectivity index (χ1) is 19.0. The number of amides is 1. The molecule has 0 aromatic carbocycles. The Kier molecular flexibility index (Phi) is 15.3. The molecular weight excluding hydrogens is 629 g/mol. The zero-order valence-corrected chi connectivity index (χ0v) is 28.1. The summed E-state index contributed by atoms with van der Waals surface area (Å²) in [6, 6.07) is -0.426. The number of aromatic nitrogens is 2. The molecule has 11 atom stereocenters. The van der Waals surface area contributed by atoms with Gasteiger partial charge in [-0.3, -0.25) is 18.5 Å². The molecule has 43 heavy (non-hydrogen) atoms. The first-order valence-electron chi connectivity index (χ1n) is 11.9. The van der Waals surface area contributed by atoms with Crippen LogP contribution in [-0.2, 0) is 32.7 Å². The average molecular weight is 658 g/mol. The van der Waals surface area contributed by atoms with Gasteiger partial charge in [0.25, 0.3) is 7.82 Å². The number of phosphoric acid groups is 1. The number of rotatable bonds is 11. The summed E-state index contributed by atoms with van der Waals surface area (Å²) in [6.45, 7) is -1.18. The molecule has 1 amide bonds. The van der Waals surface area contributed by atoms with Crippen molar-refractivity contribution in [3.63, 3.8) is 0 Å². The largest absolute Gasteiger partial charge is 1.00 e. The number of carbonyl (C=O) groups is 2. The van der Waals surface area contributed by atoms with Gasteiger partial charge in [-0.1, -0.05) is 0 Å². The van der Waals surface area contributed by atoms with Crippen molar-refractivity contribution in [3.8, 4) is 0 Å². The van der Waals surface area contributed by atoms with Crippen molar-refractivity contribution in [2.45, 2.75) is 74.1 Å². The number of nitrogens with two attached hydrogens (primary N) is 1. The van der Waals surface area contributed by atoms with Crippen molar-refractivity contribution in [2.24, 2.45) is 0 Å². The zero-order chi connectivity index (χ0) is 30.9. The zero-order valence-electron chi connectivity index (χ0n) is 23.2. The number of phosphoric ester groups is 1. The van der Waals surface area contributed by atoms with E-state index in [0.29, 0.717) is 0 Å². The molecule has 0 saturated carbocycles. The number of carbonyl (C=O) groups excluding carboxylic acids is 2. The maximum atomic E-state index is 12.7. The van der Waals surface area contributed by atoms with Gasteiger partial charge in [-0.2, -0.15) is 4.98 Å². The second-order valence-electron chi connectivity index (χ2n) is 9.28. The summed E-state index contributed by atoms with van der Waals surface area (Å²) < 4.78 is 33.1. The number of nitrogens with zero attached hydrogens (tertiary/aromatic N) is 2. The number of carboxylic acid groups (broad SMARTS) is 1. The molecular formula is C20H29N4Na2O16P. The maximum absolute atomic E-state index is 12.7. The van der Waals surface area contributed by atoms with E-state index in [-0.39, 0.29) is 64.9 Å². The molecule has 0 radical (unpaired) electrons. The predicted molar refractivity (Wildman–Crippen MR) is 123 cm³/mol. The molecule has 1 unspecified atom stereocenters. The van der Waals surface area contributed by atoms with Gasteiger partial charge >= 0.3 is 64.8 Å². The molecule has 0 bridgehead atoms. The second-order valence-corrected chi connectivity index (χ2v) is 10.6. The Morgan fingerprint density at radius 2 is 1.93 bits per heavy atom. The van der Waals surface area contributed by atoms with Crippen molar-refractivity contribution < 1.29 is 132 Å². The molecule has 2 aliphatic heterocycles. The van der Waals surface area contributed by atoms with Crippen LogP contribution in [0.5, 0.6) is 0 Å². The minimum atomic E-state index is -5.81. The quantitative estimate of drug-likeness (QED) is 0.0808. The molecule has 2 fully saturated rings. The van der Waals surface area contributed by atoms with E-state index in [4.69, 9.17) is 20.3 Å². The normalized spacial score (nSPS) is 33.3. The van der Waals surface area contributed by atoms with Gasteiger partial charge in [0, 0.05) is 19.5 Å². The van der Waals surface area contributed by atoms with Crippen LogP contribution in [0.3, 0.4) is 0 Å². The van der Waals surface area contributed by atoms with E-state index in [1.54, 1.807) is 0 Å². The molecule has 0 aliphatic carbocycles. The maximum Gasteiger partial charge on any atom is 1.00 e. The van der Waals surface area contributed by atoms with E-state index >= 15 is 0 Å².